The maximum Gasteiger partial charge on any atom is 0.289 e. The molecule has 6 nitrogen and oxygen atoms in total. The highest BCUT2D eigenvalue weighted by molar-refractivity contribution is 8.15. The zero-order chi connectivity index (χ0) is 16.1. The Labute approximate surface area is 132 Å². The molecule has 22 heavy (non-hydrogen) atoms. The summed E-state index contributed by atoms with van der Waals surface area (Å²) in [7, 11) is 1.56. The molecule has 1 aromatic carbocycles. The predicted molar refractivity (Wildman–Crippen MR) is 84.9 cm³/mol. The van der Waals surface area contributed by atoms with Gasteiger partial charge in [-0.2, -0.15) is 0 Å². The van der Waals surface area contributed by atoms with Gasteiger partial charge in [-0.1, -0.05) is 17.8 Å². The average Bonchev–Trinajstić information content (AvgIpc) is 2.76. The summed E-state index contributed by atoms with van der Waals surface area (Å²) in [6.07, 6.45) is 1.44. The van der Waals surface area contributed by atoms with E-state index in [-0.39, 0.29) is 30.0 Å². The van der Waals surface area contributed by atoms with Crippen molar-refractivity contribution in [1.29, 1.82) is 0 Å². The van der Waals surface area contributed by atoms with Gasteiger partial charge in [-0.3, -0.25) is 19.3 Å². The number of benzene rings is 1. The molecule has 1 N–H and O–H groups in total. The molecule has 2 rings (SSSR count). The molecule has 1 fully saturated rings. The lowest BCUT2D eigenvalue weighted by Crippen LogP contribution is -2.33. The first-order valence-corrected chi connectivity index (χ1v) is 7.50. The summed E-state index contributed by atoms with van der Waals surface area (Å²) in [4.78, 5) is 36.8. The number of ether oxygens (including phenoxy) is 1. The highest BCUT2D eigenvalue weighted by Crippen LogP contribution is 2.29. The van der Waals surface area contributed by atoms with Crippen LogP contribution in [0.4, 0.5) is 10.5 Å². The number of amides is 3. The molecule has 1 aliphatic heterocycles. The number of thioether (sulfide) groups is 1. The highest BCUT2D eigenvalue weighted by atomic mass is 32.2. The van der Waals surface area contributed by atoms with Crippen LogP contribution in [0.2, 0.25) is 0 Å². The van der Waals surface area contributed by atoms with Crippen molar-refractivity contribution in [2.45, 2.75) is 11.7 Å². The maximum absolute atomic E-state index is 12.0. The molecule has 1 aromatic rings. The quantitative estimate of drug-likeness (QED) is 0.814. The third-order valence-corrected chi connectivity index (χ3v) is 4.14. The van der Waals surface area contributed by atoms with E-state index < -0.39 is 5.25 Å². The predicted octanol–water partition coefficient (Wildman–Crippen LogP) is 2.27. The van der Waals surface area contributed by atoms with E-state index in [1.807, 2.05) is 0 Å². The molecule has 0 aromatic heterocycles. The van der Waals surface area contributed by atoms with Crippen molar-refractivity contribution in [3.63, 3.8) is 0 Å². The van der Waals surface area contributed by atoms with Gasteiger partial charge < -0.3 is 10.1 Å². The van der Waals surface area contributed by atoms with Gasteiger partial charge in [-0.05, 0) is 24.3 Å². The molecule has 1 heterocycles. The molecule has 0 radical (unpaired) electrons. The van der Waals surface area contributed by atoms with Crippen LogP contribution >= 0.6 is 11.8 Å². The lowest BCUT2D eigenvalue weighted by molar-refractivity contribution is -0.128. The van der Waals surface area contributed by atoms with E-state index in [9.17, 15) is 14.4 Å². The van der Waals surface area contributed by atoms with E-state index in [4.69, 9.17) is 4.74 Å². The number of methoxy groups -OCH3 is 1. The minimum atomic E-state index is -0.675. The van der Waals surface area contributed by atoms with E-state index in [2.05, 4.69) is 11.9 Å². The zero-order valence-corrected chi connectivity index (χ0v) is 12.9. The van der Waals surface area contributed by atoms with Crippen LogP contribution < -0.4 is 10.1 Å². The fourth-order valence-electron chi connectivity index (χ4n) is 1.98. The first kappa shape index (κ1) is 16.1. The number of hydrogen-bond acceptors (Lipinski definition) is 5. The van der Waals surface area contributed by atoms with E-state index in [0.29, 0.717) is 11.4 Å². The van der Waals surface area contributed by atoms with Crippen LogP contribution in [-0.4, -0.2) is 40.9 Å². The van der Waals surface area contributed by atoms with Crippen molar-refractivity contribution in [1.82, 2.24) is 4.90 Å². The summed E-state index contributed by atoms with van der Waals surface area (Å²) in [6.45, 7) is 3.67. The summed E-state index contributed by atoms with van der Waals surface area (Å²) in [5.74, 6) is 0.0224. The number of nitrogens with one attached hydrogen (secondary N) is 1. The number of rotatable bonds is 6. The topological polar surface area (TPSA) is 75.7 Å². The molecular weight excluding hydrogens is 304 g/mol. The van der Waals surface area contributed by atoms with Gasteiger partial charge in [0.1, 0.15) is 11.0 Å². The van der Waals surface area contributed by atoms with Crippen LogP contribution in [0.3, 0.4) is 0 Å². The standard InChI is InChI=1S/C15H16N2O4S/c1-3-8-17-14(19)12(22-15(17)20)9-13(18)16-10-4-6-11(21-2)7-5-10/h3-7,12H,1,8-9H2,2H3,(H,16,18)/t12-/m1/s1. The minimum Gasteiger partial charge on any atom is -0.497 e. The first-order valence-electron chi connectivity index (χ1n) is 6.62. The number of carbonyl (C=O) groups is 3. The molecule has 1 aliphatic rings. The number of carbonyl (C=O) groups excluding carboxylic acids is 3. The fourth-order valence-corrected chi connectivity index (χ4v) is 2.97. The SMILES string of the molecule is C=CCN1C(=O)S[C@H](CC(=O)Nc2ccc(OC)cc2)C1=O. The van der Waals surface area contributed by atoms with Crippen LogP contribution in [0.5, 0.6) is 5.75 Å². The van der Waals surface area contributed by atoms with Crippen molar-refractivity contribution in [2.75, 3.05) is 19.0 Å². The van der Waals surface area contributed by atoms with Gasteiger partial charge in [0.2, 0.25) is 11.8 Å². The van der Waals surface area contributed by atoms with Gasteiger partial charge in [-0.25, -0.2) is 0 Å². The second kappa shape index (κ2) is 7.13. The molecule has 0 aliphatic carbocycles. The largest absolute Gasteiger partial charge is 0.497 e. The van der Waals surface area contributed by atoms with Crippen molar-refractivity contribution in [3.05, 3.63) is 36.9 Å². The molecule has 7 heteroatoms. The Morgan fingerprint density at radius 2 is 2.09 bits per heavy atom. The summed E-state index contributed by atoms with van der Waals surface area (Å²) in [5, 5.41) is 1.68. The Morgan fingerprint density at radius 3 is 2.68 bits per heavy atom. The number of anilines is 1. The van der Waals surface area contributed by atoms with Crippen LogP contribution in [0.1, 0.15) is 6.42 Å². The molecule has 0 saturated carbocycles. The Morgan fingerprint density at radius 1 is 1.41 bits per heavy atom. The van der Waals surface area contributed by atoms with E-state index in [0.717, 1.165) is 16.7 Å². The first-order chi connectivity index (χ1) is 10.5. The van der Waals surface area contributed by atoms with Crippen LogP contribution in [0.15, 0.2) is 36.9 Å². The number of imide groups is 1. The van der Waals surface area contributed by atoms with Crippen molar-refractivity contribution < 1.29 is 19.1 Å². The van der Waals surface area contributed by atoms with Crippen LogP contribution in [0.25, 0.3) is 0 Å². The second-order valence-electron chi connectivity index (χ2n) is 4.59. The van der Waals surface area contributed by atoms with Crippen molar-refractivity contribution in [2.24, 2.45) is 0 Å². The van der Waals surface area contributed by atoms with Gasteiger partial charge >= 0.3 is 0 Å². The van der Waals surface area contributed by atoms with Gasteiger partial charge in [0.15, 0.2) is 0 Å². The molecule has 0 unspecified atom stereocenters. The third kappa shape index (κ3) is 3.67. The molecule has 116 valence electrons. The molecule has 1 saturated heterocycles. The summed E-state index contributed by atoms with van der Waals surface area (Å²) >= 11 is 0.876. The zero-order valence-electron chi connectivity index (χ0n) is 12.1. The lowest BCUT2D eigenvalue weighted by atomic mass is 10.2. The minimum absolute atomic E-state index is 0.0467. The monoisotopic (exact) mass is 320 g/mol. The van der Waals surface area contributed by atoms with E-state index >= 15 is 0 Å². The van der Waals surface area contributed by atoms with E-state index in [1.165, 1.54) is 6.08 Å². The molecule has 0 bridgehead atoms. The van der Waals surface area contributed by atoms with Crippen LogP contribution in [0, 0.1) is 0 Å². The van der Waals surface area contributed by atoms with Gasteiger partial charge in [0.25, 0.3) is 5.24 Å². The molecular formula is C15H16N2O4S. The highest BCUT2D eigenvalue weighted by Gasteiger charge is 2.39. The Kier molecular flexibility index (Phi) is 5.21. The van der Waals surface area contributed by atoms with Crippen molar-refractivity contribution in [3.8, 4) is 5.75 Å². The summed E-state index contributed by atoms with van der Waals surface area (Å²) in [5.41, 5.74) is 0.607. The Balaban J connectivity index is 1.93. The fraction of sp³-hybridized carbons (Fsp3) is 0.267. The lowest BCUT2D eigenvalue weighted by Gasteiger charge is -2.11. The third-order valence-electron chi connectivity index (χ3n) is 3.06. The average molecular weight is 320 g/mol. The molecule has 0 spiro atoms. The Bertz CT molecular complexity index is 600. The van der Waals surface area contributed by atoms with Crippen LogP contribution in [-0.2, 0) is 9.59 Å². The maximum atomic E-state index is 12.0. The van der Waals surface area contributed by atoms with E-state index in [1.54, 1.807) is 31.4 Å². The van der Waals surface area contributed by atoms with Gasteiger partial charge in [0, 0.05) is 18.7 Å². The summed E-state index contributed by atoms with van der Waals surface area (Å²) in [6, 6.07) is 6.85. The normalized spacial score (nSPS) is 17.5. The van der Waals surface area contributed by atoms with Gasteiger partial charge in [-0.15, -0.1) is 6.58 Å². The number of hydrogen-bond donors (Lipinski definition) is 1. The second-order valence-corrected chi connectivity index (χ2v) is 5.74. The summed E-state index contributed by atoms with van der Waals surface area (Å²) < 4.78 is 5.03. The molecule has 3 amide bonds. The Hall–Kier alpha value is -2.28. The smallest absolute Gasteiger partial charge is 0.289 e. The molecule has 1 atom stereocenters. The van der Waals surface area contributed by atoms with Crippen molar-refractivity contribution >= 4 is 34.5 Å². The van der Waals surface area contributed by atoms with Gasteiger partial charge in [0.05, 0.1) is 7.11 Å². The number of nitrogens with zero attached hydrogens (tertiary/aromatic N) is 1.